The van der Waals surface area contributed by atoms with Crippen molar-refractivity contribution in [1.82, 2.24) is 10.6 Å². The van der Waals surface area contributed by atoms with Crippen LogP contribution in [0.25, 0.3) is 0 Å². The molecule has 0 saturated heterocycles. The Bertz CT molecular complexity index is 693. The molecule has 5 rings (SSSR count). The van der Waals surface area contributed by atoms with Crippen molar-refractivity contribution < 1.29 is 14.3 Å². The summed E-state index contributed by atoms with van der Waals surface area (Å²) in [5.74, 6) is 2.97. The van der Waals surface area contributed by atoms with Crippen LogP contribution in [0.3, 0.4) is 0 Å². The van der Waals surface area contributed by atoms with Crippen molar-refractivity contribution in [2.75, 3.05) is 13.7 Å². The lowest BCUT2D eigenvalue weighted by molar-refractivity contribution is -0.147. The number of carbonyl (C=O) groups excluding carboxylic acids is 2. The summed E-state index contributed by atoms with van der Waals surface area (Å²) in [6, 6.07) is 7.69. The first-order valence-corrected chi connectivity index (χ1v) is 10.7. The molecular formula is C23H32N2O3. The van der Waals surface area contributed by atoms with E-state index in [2.05, 4.69) is 10.6 Å². The van der Waals surface area contributed by atoms with Gasteiger partial charge in [-0.05, 0) is 80.4 Å². The molecule has 4 fully saturated rings. The lowest BCUT2D eigenvalue weighted by atomic mass is 9.49. The summed E-state index contributed by atoms with van der Waals surface area (Å²) in [7, 11) is 1.64. The molecule has 4 aliphatic rings. The van der Waals surface area contributed by atoms with E-state index in [0.717, 1.165) is 54.7 Å². The number of ether oxygens (including phenoxy) is 1. The van der Waals surface area contributed by atoms with Crippen molar-refractivity contribution in [2.24, 2.45) is 23.2 Å². The van der Waals surface area contributed by atoms with Gasteiger partial charge in [0.15, 0.2) is 0 Å². The highest BCUT2D eigenvalue weighted by molar-refractivity contribution is 5.88. The second-order valence-corrected chi connectivity index (χ2v) is 9.18. The maximum Gasteiger partial charge on any atom is 0.239 e. The highest BCUT2D eigenvalue weighted by Crippen LogP contribution is 2.60. The Balaban J connectivity index is 1.31. The van der Waals surface area contributed by atoms with Crippen LogP contribution in [0.4, 0.5) is 0 Å². The standard InChI is InChI=1S/C23H32N2O3/c1-3-20(18-4-6-19(28-2)7-5-18)25-21(26)14-24-22(27)23-11-15-8-16(12-23)10-17(9-15)13-23/h4-7,15-17,20H,3,8-14H2,1-2H3,(H,24,27)(H,25,26). The van der Waals surface area contributed by atoms with E-state index in [-0.39, 0.29) is 29.8 Å². The van der Waals surface area contributed by atoms with Crippen LogP contribution in [0.15, 0.2) is 24.3 Å². The number of hydrogen-bond donors (Lipinski definition) is 2. The van der Waals surface area contributed by atoms with Gasteiger partial charge in [-0.2, -0.15) is 0 Å². The quantitative estimate of drug-likeness (QED) is 0.755. The summed E-state index contributed by atoms with van der Waals surface area (Å²) in [4.78, 5) is 25.5. The second-order valence-electron chi connectivity index (χ2n) is 9.18. The Morgan fingerprint density at radius 1 is 1.07 bits per heavy atom. The van der Waals surface area contributed by atoms with Gasteiger partial charge < -0.3 is 15.4 Å². The molecule has 4 saturated carbocycles. The van der Waals surface area contributed by atoms with Crippen LogP contribution in [0, 0.1) is 23.2 Å². The number of carbonyl (C=O) groups is 2. The summed E-state index contributed by atoms with van der Waals surface area (Å²) < 4.78 is 5.19. The average Bonchev–Trinajstić information content (AvgIpc) is 2.69. The van der Waals surface area contributed by atoms with Crippen LogP contribution < -0.4 is 15.4 Å². The molecule has 2 amide bonds. The monoisotopic (exact) mass is 384 g/mol. The van der Waals surface area contributed by atoms with E-state index in [1.807, 2.05) is 31.2 Å². The molecule has 0 aromatic heterocycles. The van der Waals surface area contributed by atoms with Gasteiger partial charge in [0.05, 0.1) is 19.7 Å². The first kappa shape index (κ1) is 19.3. The summed E-state index contributed by atoms with van der Waals surface area (Å²) in [6.45, 7) is 2.11. The lowest BCUT2D eigenvalue weighted by Gasteiger charge is -2.55. The highest BCUT2D eigenvalue weighted by atomic mass is 16.5. The summed E-state index contributed by atoms with van der Waals surface area (Å²) in [6.07, 6.45) is 7.80. The van der Waals surface area contributed by atoms with Gasteiger partial charge in [-0.25, -0.2) is 0 Å². The zero-order valence-corrected chi connectivity index (χ0v) is 17.0. The third-order valence-electron chi connectivity index (χ3n) is 7.19. The van der Waals surface area contributed by atoms with E-state index in [1.165, 1.54) is 19.3 Å². The summed E-state index contributed by atoms with van der Waals surface area (Å²) in [5.41, 5.74) is 0.846. The summed E-state index contributed by atoms with van der Waals surface area (Å²) >= 11 is 0. The largest absolute Gasteiger partial charge is 0.497 e. The Kier molecular flexibility index (Phi) is 5.35. The molecule has 5 heteroatoms. The molecule has 1 atom stereocenters. The molecular weight excluding hydrogens is 352 g/mol. The minimum absolute atomic E-state index is 0.0603. The smallest absolute Gasteiger partial charge is 0.239 e. The van der Waals surface area contributed by atoms with E-state index in [4.69, 9.17) is 4.74 Å². The lowest BCUT2D eigenvalue weighted by Crippen LogP contribution is -2.54. The van der Waals surface area contributed by atoms with Gasteiger partial charge in [-0.15, -0.1) is 0 Å². The number of rotatable bonds is 7. The molecule has 0 spiro atoms. The fourth-order valence-electron chi connectivity index (χ4n) is 6.24. The van der Waals surface area contributed by atoms with Crippen LogP contribution in [0.2, 0.25) is 0 Å². The van der Waals surface area contributed by atoms with Crippen molar-refractivity contribution in [2.45, 2.75) is 57.9 Å². The molecule has 0 aliphatic heterocycles. The van der Waals surface area contributed by atoms with Crippen LogP contribution in [0.5, 0.6) is 5.75 Å². The molecule has 28 heavy (non-hydrogen) atoms. The number of nitrogens with one attached hydrogen (secondary N) is 2. The van der Waals surface area contributed by atoms with Crippen LogP contribution in [0.1, 0.15) is 63.5 Å². The maximum atomic E-state index is 13.0. The summed E-state index contributed by atoms with van der Waals surface area (Å²) in [5, 5.41) is 6.02. The topological polar surface area (TPSA) is 67.4 Å². The van der Waals surface area contributed by atoms with E-state index in [1.54, 1.807) is 7.11 Å². The van der Waals surface area contributed by atoms with Crippen molar-refractivity contribution in [3.05, 3.63) is 29.8 Å². The Labute approximate surface area is 167 Å². The van der Waals surface area contributed by atoms with Gasteiger partial charge in [0.1, 0.15) is 5.75 Å². The number of benzene rings is 1. The molecule has 0 radical (unpaired) electrons. The normalized spacial score (nSPS) is 31.3. The van der Waals surface area contributed by atoms with Gasteiger partial charge in [-0.1, -0.05) is 19.1 Å². The zero-order chi connectivity index (χ0) is 19.7. The van der Waals surface area contributed by atoms with E-state index < -0.39 is 0 Å². The maximum absolute atomic E-state index is 13.0. The fourth-order valence-corrected chi connectivity index (χ4v) is 6.24. The van der Waals surface area contributed by atoms with Gasteiger partial charge in [-0.3, -0.25) is 9.59 Å². The number of methoxy groups -OCH3 is 1. The molecule has 1 aromatic rings. The SMILES string of the molecule is CCC(NC(=O)CNC(=O)C12CC3CC(CC(C3)C1)C2)c1ccc(OC)cc1. The second kappa shape index (κ2) is 7.76. The first-order chi connectivity index (χ1) is 13.5. The molecule has 1 unspecified atom stereocenters. The van der Waals surface area contributed by atoms with Gasteiger partial charge in [0.25, 0.3) is 0 Å². The molecule has 5 nitrogen and oxygen atoms in total. The predicted molar refractivity (Wildman–Crippen MR) is 108 cm³/mol. The van der Waals surface area contributed by atoms with E-state index in [0.29, 0.717) is 0 Å². The molecule has 4 aliphatic carbocycles. The van der Waals surface area contributed by atoms with Gasteiger partial charge in [0.2, 0.25) is 11.8 Å². The highest BCUT2D eigenvalue weighted by Gasteiger charge is 2.54. The minimum Gasteiger partial charge on any atom is -0.497 e. The van der Waals surface area contributed by atoms with Crippen molar-refractivity contribution in [3.8, 4) is 5.75 Å². The predicted octanol–water partition coefficient (Wildman–Crippen LogP) is 3.60. The number of amides is 2. The Morgan fingerprint density at radius 3 is 2.14 bits per heavy atom. The van der Waals surface area contributed by atoms with E-state index in [9.17, 15) is 9.59 Å². The molecule has 2 N–H and O–H groups in total. The van der Waals surface area contributed by atoms with Gasteiger partial charge in [0, 0.05) is 5.41 Å². The Hall–Kier alpha value is -2.04. The fraction of sp³-hybridized carbons (Fsp3) is 0.652. The molecule has 1 aromatic carbocycles. The molecule has 0 heterocycles. The third-order valence-corrected chi connectivity index (χ3v) is 7.19. The van der Waals surface area contributed by atoms with Crippen LogP contribution in [-0.4, -0.2) is 25.5 Å². The zero-order valence-electron chi connectivity index (χ0n) is 17.0. The molecule has 152 valence electrons. The van der Waals surface area contributed by atoms with Crippen molar-refractivity contribution >= 4 is 11.8 Å². The van der Waals surface area contributed by atoms with Crippen molar-refractivity contribution in [1.29, 1.82) is 0 Å². The van der Waals surface area contributed by atoms with E-state index >= 15 is 0 Å². The molecule has 4 bridgehead atoms. The Morgan fingerprint density at radius 2 is 1.64 bits per heavy atom. The van der Waals surface area contributed by atoms with Crippen molar-refractivity contribution in [3.63, 3.8) is 0 Å². The average molecular weight is 385 g/mol. The third kappa shape index (κ3) is 3.76. The first-order valence-electron chi connectivity index (χ1n) is 10.7. The van der Waals surface area contributed by atoms with Gasteiger partial charge >= 0.3 is 0 Å². The van der Waals surface area contributed by atoms with Crippen LogP contribution >= 0.6 is 0 Å². The minimum atomic E-state index is -0.199. The van der Waals surface area contributed by atoms with Crippen LogP contribution in [-0.2, 0) is 9.59 Å². The number of hydrogen-bond acceptors (Lipinski definition) is 3.